The zero-order valence-corrected chi connectivity index (χ0v) is 45.7. The molecule has 0 aliphatic carbocycles. The summed E-state index contributed by atoms with van der Waals surface area (Å²) in [7, 11) is 0. The molecule has 0 aromatic rings. The minimum Gasteiger partial charge on any atom is -0.462 e. The van der Waals surface area contributed by atoms with E-state index in [0.29, 0.717) is 19.4 Å². The van der Waals surface area contributed by atoms with Crippen LogP contribution in [0.25, 0.3) is 0 Å². The van der Waals surface area contributed by atoms with Crippen LogP contribution in [0.4, 0.5) is 0 Å². The molecular weight excluding hydrogens is 861 g/mol. The van der Waals surface area contributed by atoms with Crippen molar-refractivity contribution in [3.8, 4) is 0 Å². The number of carbonyl (C=O) groups is 2. The maximum atomic E-state index is 12.9. The molecular formula is C65H108O5. The molecule has 5 heteroatoms. The number of carbonyl (C=O) groups excluding carboxylic acids is 2. The molecule has 0 heterocycles. The number of ether oxygens (including phenoxy) is 3. The molecule has 0 aromatic heterocycles. The smallest absolute Gasteiger partial charge is 0.306 e. The van der Waals surface area contributed by atoms with Gasteiger partial charge in [-0.15, -0.1) is 0 Å². The van der Waals surface area contributed by atoms with Crippen LogP contribution in [0, 0.1) is 0 Å². The van der Waals surface area contributed by atoms with Crippen LogP contribution in [0.5, 0.6) is 0 Å². The summed E-state index contributed by atoms with van der Waals surface area (Å²) in [5.74, 6) is -0.453. The number of rotatable bonds is 52. The lowest BCUT2D eigenvalue weighted by molar-refractivity contribution is -0.163. The molecule has 0 aromatic carbocycles. The Bertz CT molecular complexity index is 1420. The third-order valence-electron chi connectivity index (χ3n) is 12.0. The van der Waals surface area contributed by atoms with Gasteiger partial charge in [0.1, 0.15) is 6.61 Å². The second-order valence-electron chi connectivity index (χ2n) is 18.8. The second kappa shape index (κ2) is 59.6. The predicted octanol–water partition coefficient (Wildman–Crippen LogP) is 20.1. The summed E-state index contributed by atoms with van der Waals surface area (Å²) in [6.45, 7) is 7.44. The predicted molar refractivity (Wildman–Crippen MR) is 306 cm³/mol. The summed E-state index contributed by atoms with van der Waals surface area (Å²) in [4.78, 5) is 25.5. The van der Waals surface area contributed by atoms with Crippen LogP contribution in [-0.4, -0.2) is 37.9 Å². The van der Waals surface area contributed by atoms with Crippen LogP contribution >= 0.6 is 0 Å². The average Bonchev–Trinajstić information content (AvgIpc) is 3.36. The Kier molecular flexibility index (Phi) is 56.5. The molecule has 0 saturated carbocycles. The van der Waals surface area contributed by atoms with Crippen molar-refractivity contribution in [2.24, 2.45) is 0 Å². The fraction of sp³-hybridized carbons (Fsp3) is 0.662. The van der Waals surface area contributed by atoms with Gasteiger partial charge in [0.25, 0.3) is 0 Å². The van der Waals surface area contributed by atoms with Crippen molar-refractivity contribution < 1.29 is 23.8 Å². The molecule has 1 atom stereocenters. The molecule has 0 saturated heterocycles. The van der Waals surface area contributed by atoms with Crippen LogP contribution in [0.15, 0.2) is 122 Å². The van der Waals surface area contributed by atoms with Gasteiger partial charge in [-0.25, -0.2) is 0 Å². The van der Waals surface area contributed by atoms with Gasteiger partial charge in [-0.2, -0.15) is 0 Å². The highest BCUT2D eigenvalue weighted by atomic mass is 16.6. The summed E-state index contributed by atoms with van der Waals surface area (Å²) in [6.07, 6.45) is 83.8. The van der Waals surface area contributed by atoms with Crippen LogP contribution < -0.4 is 0 Å². The Balaban J connectivity index is 4.41. The first kappa shape index (κ1) is 66.3. The fourth-order valence-electron chi connectivity index (χ4n) is 7.71. The third kappa shape index (κ3) is 56.9. The molecule has 398 valence electrons. The molecule has 0 aliphatic rings. The fourth-order valence-corrected chi connectivity index (χ4v) is 7.71. The van der Waals surface area contributed by atoms with Crippen molar-refractivity contribution in [2.75, 3.05) is 19.8 Å². The van der Waals surface area contributed by atoms with E-state index in [1.165, 1.54) is 103 Å². The number of unbranched alkanes of at least 4 members (excludes halogenated alkanes) is 21. The van der Waals surface area contributed by atoms with Gasteiger partial charge in [-0.1, -0.05) is 239 Å². The molecule has 0 N–H and O–H groups in total. The van der Waals surface area contributed by atoms with E-state index in [0.717, 1.165) is 116 Å². The lowest BCUT2D eigenvalue weighted by atomic mass is 10.1. The summed E-state index contributed by atoms with van der Waals surface area (Å²) in [5, 5.41) is 0. The zero-order chi connectivity index (χ0) is 50.6. The first-order valence-corrected chi connectivity index (χ1v) is 29.1. The summed E-state index contributed by atoms with van der Waals surface area (Å²) in [5.41, 5.74) is 0. The Morgan fingerprint density at radius 3 is 1.04 bits per heavy atom. The van der Waals surface area contributed by atoms with Gasteiger partial charge in [0, 0.05) is 19.4 Å². The highest BCUT2D eigenvalue weighted by Crippen LogP contribution is 2.14. The summed E-state index contributed by atoms with van der Waals surface area (Å²) >= 11 is 0. The van der Waals surface area contributed by atoms with E-state index in [-0.39, 0.29) is 25.2 Å². The van der Waals surface area contributed by atoms with E-state index in [9.17, 15) is 9.59 Å². The lowest BCUT2D eigenvalue weighted by Gasteiger charge is -2.18. The molecule has 0 fully saturated rings. The second-order valence-corrected chi connectivity index (χ2v) is 18.8. The van der Waals surface area contributed by atoms with E-state index in [1.54, 1.807) is 0 Å². The number of esters is 2. The number of hydrogen-bond acceptors (Lipinski definition) is 5. The van der Waals surface area contributed by atoms with Crippen molar-refractivity contribution in [2.45, 2.75) is 258 Å². The maximum absolute atomic E-state index is 12.9. The van der Waals surface area contributed by atoms with Gasteiger partial charge < -0.3 is 14.2 Å². The molecule has 70 heavy (non-hydrogen) atoms. The summed E-state index contributed by atoms with van der Waals surface area (Å²) < 4.78 is 17.4. The van der Waals surface area contributed by atoms with Crippen molar-refractivity contribution >= 4 is 11.9 Å². The minimum atomic E-state index is -0.585. The zero-order valence-electron chi connectivity index (χ0n) is 45.7. The van der Waals surface area contributed by atoms with Crippen molar-refractivity contribution in [3.05, 3.63) is 122 Å². The van der Waals surface area contributed by atoms with E-state index in [1.807, 2.05) is 0 Å². The van der Waals surface area contributed by atoms with Gasteiger partial charge in [0.2, 0.25) is 0 Å². The van der Waals surface area contributed by atoms with Gasteiger partial charge in [0.15, 0.2) is 6.10 Å². The average molecular weight is 970 g/mol. The van der Waals surface area contributed by atoms with E-state index in [4.69, 9.17) is 14.2 Å². The minimum absolute atomic E-state index is 0.0475. The molecule has 5 nitrogen and oxygen atoms in total. The third-order valence-corrected chi connectivity index (χ3v) is 12.0. The topological polar surface area (TPSA) is 61.8 Å². The van der Waals surface area contributed by atoms with Crippen molar-refractivity contribution in [1.82, 2.24) is 0 Å². The van der Waals surface area contributed by atoms with Crippen molar-refractivity contribution in [1.29, 1.82) is 0 Å². The Hall–Kier alpha value is -3.70. The van der Waals surface area contributed by atoms with Crippen LogP contribution in [0.3, 0.4) is 0 Å². The first-order valence-electron chi connectivity index (χ1n) is 29.1. The largest absolute Gasteiger partial charge is 0.462 e. The molecule has 0 amide bonds. The van der Waals surface area contributed by atoms with Gasteiger partial charge in [-0.05, 0) is 122 Å². The molecule has 1 unspecified atom stereocenters. The van der Waals surface area contributed by atoms with Crippen LogP contribution in [0.1, 0.15) is 252 Å². The highest BCUT2D eigenvalue weighted by Gasteiger charge is 2.17. The van der Waals surface area contributed by atoms with Crippen LogP contribution in [-0.2, 0) is 23.8 Å². The Labute approximate surface area is 433 Å². The quantitative estimate of drug-likeness (QED) is 0.0345. The molecule has 0 radical (unpaired) electrons. The monoisotopic (exact) mass is 969 g/mol. The SMILES string of the molecule is CC/C=C\C/C=C\C/C=C\C/C=C\C/C=C\C/C=C\CCCOCC(COC(=O)CCCCCCCCCCC/C=C\CCCCCCCC)OC(=O)CCCCCCC/C=C\C/C=C\C/C=C\CC. The standard InChI is InChI=1S/C65H108O5/c1-4-7-10-13-16-19-22-25-28-30-32-34-36-39-42-45-48-51-54-57-60-68-61-63(70-65(67)59-56-53-50-47-44-41-37-27-24-21-18-15-12-9-6-3)62-69-64(66)58-55-52-49-46-43-40-38-35-33-31-29-26-23-20-17-14-11-8-5-2/h7,9-10,12,16,18-19,21,25-29,32,34,37,39,42,48,51,63H,4-6,8,11,13-15,17,20,22-24,30-31,33,35-36,38,40-41,43-47,49-50,52-62H2,1-3H3/b10-7-,12-9-,19-16-,21-18-,28-25-,29-26-,34-32-,37-27-,42-39-,51-48-. The van der Waals surface area contributed by atoms with Gasteiger partial charge in [-0.3, -0.25) is 9.59 Å². The van der Waals surface area contributed by atoms with E-state index >= 15 is 0 Å². The van der Waals surface area contributed by atoms with E-state index in [2.05, 4.69) is 142 Å². The van der Waals surface area contributed by atoms with Crippen molar-refractivity contribution in [3.63, 3.8) is 0 Å². The Morgan fingerprint density at radius 2 is 0.643 bits per heavy atom. The van der Waals surface area contributed by atoms with Crippen LogP contribution in [0.2, 0.25) is 0 Å². The Morgan fingerprint density at radius 1 is 0.329 bits per heavy atom. The number of allylic oxidation sites excluding steroid dienone is 20. The first-order chi connectivity index (χ1) is 34.6. The molecule has 0 rings (SSSR count). The lowest BCUT2D eigenvalue weighted by Crippen LogP contribution is -2.30. The van der Waals surface area contributed by atoms with Gasteiger partial charge >= 0.3 is 11.9 Å². The number of hydrogen-bond donors (Lipinski definition) is 0. The molecule has 0 bridgehead atoms. The van der Waals surface area contributed by atoms with Gasteiger partial charge in [0.05, 0.1) is 6.61 Å². The normalized spacial score (nSPS) is 13.1. The highest BCUT2D eigenvalue weighted by molar-refractivity contribution is 5.70. The maximum Gasteiger partial charge on any atom is 0.306 e. The van der Waals surface area contributed by atoms with E-state index < -0.39 is 6.10 Å². The summed E-state index contributed by atoms with van der Waals surface area (Å²) in [6, 6.07) is 0. The molecule has 0 aliphatic heterocycles. The molecule has 0 spiro atoms.